The number of nitrogens with two attached hydrogens (primary N) is 1. The molecule has 106 valence electrons. The molecule has 7 nitrogen and oxygen atoms in total. The predicted molar refractivity (Wildman–Crippen MR) is 66.7 cm³/mol. The van der Waals surface area contributed by atoms with Crippen LogP contribution in [0.3, 0.4) is 0 Å². The van der Waals surface area contributed by atoms with E-state index in [-0.39, 0.29) is 10.8 Å². The van der Waals surface area contributed by atoms with Gasteiger partial charge in [0, 0.05) is 18.6 Å². The van der Waals surface area contributed by atoms with Crippen LogP contribution in [0.25, 0.3) is 4.96 Å². The quantitative estimate of drug-likeness (QED) is 0.622. The SMILES string of the molecule is CN(CC(F)F)S(=O)(=O)c1c(NN)nc2sccn12. The van der Waals surface area contributed by atoms with E-state index in [4.69, 9.17) is 5.84 Å². The Morgan fingerprint density at radius 1 is 1.63 bits per heavy atom. The first-order chi connectivity index (χ1) is 8.87. The van der Waals surface area contributed by atoms with Crippen molar-refractivity contribution in [3.63, 3.8) is 0 Å². The predicted octanol–water partition coefficient (Wildman–Crippen LogP) is 0.567. The third kappa shape index (κ3) is 2.41. The molecular weight excluding hydrogens is 300 g/mol. The summed E-state index contributed by atoms with van der Waals surface area (Å²) in [6.45, 7) is -0.899. The molecule has 0 bridgehead atoms. The number of hydrogen-bond acceptors (Lipinski definition) is 6. The maximum Gasteiger partial charge on any atom is 0.262 e. The van der Waals surface area contributed by atoms with E-state index >= 15 is 0 Å². The van der Waals surface area contributed by atoms with Crippen molar-refractivity contribution in [2.45, 2.75) is 11.5 Å². The Morgan fingerprint density at radius 3 is 2.89 bits per heavy atom. The van der Waals surface area contributed by atoms with E-state index in [9.17, 15) is 17.2 Å². The molecule has 2 rings (SSSR count). The zero-order chi connectivity index (χ0) is 14.2. The molecule has 3 N–H and O–H groups in total. The number of nitrogens with one attached hydrogen (secondary N) is 1. The fourth-order valence-corrected chi connectivity index (χ4v) is 3.67. The van der Waals surface area contributed by atoms with Gasteiger partial charge >= 0.3 is 0 Å². The van der Waals surface area contributed by atoms with Crippen LogP contribution in [0, 0.1) is 0 Å². The van der Waals surface area contributed by atoms with Crippen molar-refractivity contribution in [3.05, 3.63) is 11.6 Å². The zero-order valence-corrected chi connectivity index (χ0v) is 11.4. The molecule has 0 saturated carbocycles. The summed E-state index contributed by atoms with van der Waals surface area (Å²) >= 11 is 1.20. The molecule has 0 atom stereocenters. The van der Waals surface area contributed by atoms with Crippen molar-refractivity contribution in [2.24, 2.45) is 5.84 Å². The lowest BCUT2D eigenvalue weighted by Gasteiger charge is -2.16. The second kappa shape index (κ2) is 5.00. The van der Waals surface area contributed by atoms with Gasteiger partial charge in [0.25, 0.3) is 16.4 Å². The highest BCUT2D eigenvalue weighted by Crippen LogP contribution is 2.27. The largest absolute Gasteiger partial charge is 0.306 e. The number of fused-ring (bicyclic) bond motifs is 1. The summed E-state index contributed by atoms with van der Waals surface area (Å²) in [5.41, 5.74) is 2.17. The summed E-state index contributed by atoms with van der Waals surface area (Å²) in [6.07, 6.45) is -1.28. The molecule has 2 aromatic heterocycles. The van der Waals surface area contributed by atoms with Crippen LogP contribution < -0.4 is 11.3 Å². The number of alkyl halides is 2. The second-order valence-electron chi connectivity index (χ2n) is 3.64. The lowest BCUT2D eigenvalue weighted by atomic mass is 10.7. The molecule has 0 amide bonds. The van der Waals surface area contributed by atoms with Crippen molar-refractivity contribution >= 4 is 32.1 Å². The summed E-state index contributed by atoms with van der Waals surface area (Å²) in [5.74, 6) is 5.14. The molecule has 0 aromatic carbocycles. The Hall–Kier alpha value is -1.30. The molecular formula is C8H11F2N5O2S2. The van der Waals surface area contributed by atoms with E-state index in [1.165, 1.54) is 21.9 Å². The number of nitrogens with zero attached hydrogens (tertiary/aromatic N) is 3. The number of sulfonamides is 1. The van der Waals surface area contributed by atoms with E-state index in [0.29, 0.717) is 9.27 Å². The Bertz CT molecular complexity index is 680. The molecule has 0 unspecified atom stereocenters. The number of nitrogen functional groups attached to an aromatic ring is 1. The first-order valence-electron chi connectivity index (χ1n) is 5.04. The van der Waals surface area contributed by atoms with E-state index in [1.807, 2.05) is 0 Å². The Balaban J connectivity index is 2.55. The van der Waals surface area contributed by atoms with Gasteiger partial charge in [-0.25, -0.2) is 23.0 Å². The van der Waals surface area contributed by atoms with Crippen LogP contribution >= 0.6 is 11.3 Å². The van der Waals surface area contributed by atoms with E-state index in [1.54, 1.807) is 5.38 Å². The highest BCUT2D eigenvalue weighted by molar-refractivity contribution is 7.89. The summed E-state index contributed by atoms with van der Waals surface area (Å²) in [5, 5.41) is 1.38. The smallest absolute Gasteiger partial charge is 0.262 e. The molecule has 0 aliphatic carbocycles. The topological polar surface area (TPSA) is 92.7 Å². The fraction of sp³-hybridized carbons (Fsp3) is 0.375. The molecule has 0 radical (unpaired) electrons. The van der Waals surface area contributed by atoms with Gasteiger partial charge in [-0.05, 0) is 0 Å². The lowest BCUT2D eigenvalue weighted by molar-refractivity contribution is 0.126. The van der Waals surface area contributed by atoms with Gasteiger partial charge in [0.15, 0.2) is 10.8 Å². The van der Waals surface area contributed by atoms with Crippen LogP contribution in [0.1, 0.15) is 0 Å². The van der Waals surface area contributed by atoms with E-state index in [0.717, 1.165) is 7.05 Å². The average molecular weight is 311 g/mol. The third-order valence-corrected chi connectivity index (χ3v) is 5.01. The second-order valence-corrected chi connectivity index (χ2v) is 6.48. The van der Waals surface area contributed by atoms with Crippen molar-refractivity contribution in [3.8, 4) is 0 Å². The summed E-state index contributed by atoms with van der Waals surface area (Å²) < 4.78 is 51.0. The van der Waals surface area contributed by atoms with Gasteiger partial charge in [-0.2, -0.15) is 9.29 Å². The molecule has 0 fully saturated rings. The molecule has 19 heavy (non-hydrogen) atoms. The molecule has 0 spiro atoms. The van der Waals surface area contributed by atoms with Crippen molar-refractivity contribution in [2.75, 3.05) is 19.0 Å². The van der Waals surface area contributed by atoms with Gasteiger partial charge in [0.1, 0.15) is 0 Å². The molecule has 2 aromatic rings. The van der Waals surface area contributed by atoms with E-state index in [2.05, 4.69) is 10.4 Å². The summed E-state index contributed by atoms with van der Waals surface area (Å²) in [4.78, 5) is 4.37. The highest BCUT2D eigenvalue weighted by atomic mass is 32.2. The van der Waals surface area contributed by atoms with Gasteiger partial charge in [0.05, 0.1) is 6.54 Å². The van der Waals surface area contributed by atoms with Crippen LogP contribution in [0.2, 0.25) is 0 Å². The third-order valence-electron chi connectivity index (χ3n) is 2.40. The Kier molecular flexibility index (Phi) is 3.71. The standard InChI is InChI=1S/C8H11F2N5O2S2/c1-14(4-5(9)10)19(16,17)7-6(13-11)12-8-15(7)2-3-18-8/h2-3,5,13H,4,11H2,1H3. The van der Waals surface area contributed by atoms with E-state index < -0.39 is 23.0 Å². The number of imidazole rings is 1. The Labute approximate surface area is 111 Å². The Morgan fingerprint density at radius 2 is 2.32 bits per heavy atom. The number of hydrazine groups is 1. The van der Waals surface area contributed by atoms with Crippen molar-refractivity contribution < 1.29 is 17.2 Å². The maximum absolute atomic E-state index is 12.3. The maximum atomic E-state index is 12.3. The van der Waals surface area contributed by atoms with Gasteiger partial charge in [-0.1, -0.05) is 0 Å². The average Bonchev–Trinajstić information content (AvgIpc) is 2.85. The summed E-state index contributed by atoms with van der Waals surface area (Å²) in [7, 11) is -3.04. The van der Waals surface area contributed by atoms with Gasteiger partial charge in [-0.15, -0.1) is 11.3 Å². The van der Waals surface area contributed by atoms with Crippen LogP contribution in [-0.2, 0) is 10.0 Å². The molecule has 2 heterocycles. The van der Waals surface area contributed by atoms with Crippen molar-refractivity contribution in [1.29, 1.82) is 0 Å². The fourth-order valence-electron chi connectivity index (χ4n) is 1.55. The monoisotopic (exact) mass is 311 g/mol. The van der Waals surface area contributed by atoms with Crippen LogP contribution in [0.4, 0.5) is 14.6 Å². The number of rotatable bonds is 5. The first kappa shape index (κ1) is 14.1. The molecule has 11 heteroatoms. The molecule has 0 aliphatic heterocycles. The number of halogens is 2. The minimum absolute atomic E-state index is 0.0760. The highest BCUT2D eigenvalue weighted by Gasteiger charge is 2.31. The number of hydrogen-bond donors (Lipinski definition) is 2. The number of thiazole rings is 1. The number of anilines is 1. The minimum atomic E-state index is -4.11. The van der Waals surface area contributed by atoms with Crippen LogP contribution in [0.5, 0.6) is 0 Å². The molecule has 0 aliphatic rings. The first-order valence-corrected chi connectivity index (χ1v) is 7.36. The van der Waals surface area contributed by atoms with Crippen molar-refractivity contribution in [1.82, 2.24) is 13.7 Å². The van der Waals surface area contributed by atoms with Gasteiger partial charge in [-0.3, -0.25) is 4.40 Å². The van der Waals surface area contributed by atoms with Gasteiger partial charge in [0.2, 0.25) is 5.03 Å². The number of aromatic nitrogens is 2. The zero-order valence-electron chi connectivity index (χ0n) is 9.75. The van der Waals surface area contributed by atoms with Crippen LogP contribution in [0.15, 0.2) is 16.6 Å². The van der Waals surface area contributed by atoms with Gasteiger partial charge < -0.3 is 5.43 Å². The summed E-state index contributed by atoms with van der Waals surface area (Å²) in [6, 6.07) is 0. The molecule has 0 saturated heterocycles. The van der Waals surface area contributed by atoms with Crippen LogP contribution in [-0.4, -0.2) is 42.1 Å². The normalized spacial score (nSPS) is 12.7. The minimum Gasteiger partial charge on any atom is -0.306 e. The lowest BCUT2D eigenvalue weighted by Crippen LogP contribution is -2.32.